The number of anilines is 1. The minimum absolute atomic E-state index is 0.260. The van der Waals surface area contributed by atoms with E-state index in [1.54, 1.807) is 13.2 Å². The van der Waals surface area contributed by atoms with E-state index in [1.165, 1.54) is 12.1 Å². The number of methoxy groups -OCH3 is 1. The average molecular weight is 410 g/mol. The minimum Gasteiger partial charge on any atom is -0.497 e. The molecule has 4 aromatic rings. The zero-order valence-electron chi connectivity index (χ0n) is 15.5. The van der Waals surface area contributed by atoms with Gasteiger partial charge in [-0.2, -0.15) is 0 Å². The van der Waals surface area contributed by atoms with E-state index in [-0.39, 0.29) is 5.02 Å². The summed E-state index contributed by atoms with van der Waals surface area (Å²) in [6.45, 7) is 0. The molecule has 0 aliphatic carbocycles. The number of nitrogens with zero attached hydrogens (tertiary/aromatic N) is 2. The lowest BCUT2D eigenvalue weighted by atomic mass is 10.1. The monoisotopic (exact) mass is 409 g/mol. The van der Waals surface area contributed by atoms with Crippen molar-refractivity contribution >= 4 is 17.3 Å². The van der Waals surface area contributed by atoms with E-state index in [0.717, 1.165) is 17.0 Å². The Balaban J connectivity index is 1.72. The van der Waals surface area contributed by atoms with Gasteiger partial charge in [0, 0.05) is 21.8 Å². The molecule has 0 fully saturated rings. The summed E-state index contributed by atoms with van der Waals surface area (Å²) in [7, 11) is 1.60. The van der Waals surface area contributed by atoms with Crippen LogP contribution in [0.4, 0.5) is 10.1 Å². The molecule has 0 aliphatic rings. The number of aromatic nitrogens is 2. The zero-order chi connectivity index (χ0) is 20.2. The van der Waals surface area contributed by atoms with Crippen LogP contribution < -0.4 is 10.1 Å². The Labute approximate surface area is 172 Å². The fourth-order valence-electron chi connectivity index (χ4n) is 2.91. The second-order valence-corrected chi connectivity index (χ2v) is 6.69. The van der Waals surface area contributed by atoms with Gasteiger partial charge in [0.15, 0.2) is 0 Å². The highest BCUT2D eigenvalue weighted by Crippen LogP contribution is 2.33. The van der Waals surface area contributed by atoms with Crippen molar-refractivity contribution < 1.29 is 13.5 Å². The summed E-state index contributed by atoms with van der Waals surface area (Å²) in [5, 5.41) is 12.0. The first-order valence-corrected chi connectivity index (χ1v) is 9.26. The van der Waals surface area contributed by atoms with E-state index >= 15 is 0 Å². The molecule has 0 saturated carbocycles. The molecule has 0 spiro atoms. The number of rotatable bonds is 6. The van der Waals surface area contributed by atoms with Crippen LogP contribution in [0.1, 0.15) is 17.5 Å². The van der Waals surface area contributed by atoms with Gasteiger partial charge in [-0.25, -0.2) is 4.39 Å². The predicted molar refractivity (Wildman–Crippen MR) is 110 cm³/mol. The smallest absolute Gasteiger partial charge is 0.247 e. The third kappa shape index (κ3) is 4.22. The maximum absolute atomic E-state index is 13.6. The van der Waals surface area contributed by atoms with Crippen molar-refractivity contribution in [1.29, 1.82) is 0 Å². The molecule has 0 amide bonds. The van der Waals surface area contributed by atoms with Crippen LogP contribution in [-0.2, 0) is 0 Å². The van der Waals surface area contributed by atoms with Crippen LogP contribution in [0.3, 0.4) is 0 Å². The van der Waals surface area contributed by atoms with Crippen LogP contribution in [0.2, 0.25) is 5.02 Å². The Kier molecular flexibility index (Phi) is 5.44. The van der Waals surface area contributed by atoms with Crippen molar-refractivity contribution in [2.75, 3.05) is 12.4 Å². The largest absolute Gasteiger partial charge is 0.497 e. The lowest BCUT2D eigenvalue weighted by Gasteiger charge is -2.18. The SMILES string of the molecule is COc1ccc(N[C@H](c2nnc(-c3ccccc3)o2)c2ccc(F)cc2Cl)cc1. The van der Waals surface area contributed by atoms with Crippen molar-refractivity contribution in [2.24, 2.45) is 0 Å². The third-order valence-corrected chi connectivity index (χ3v) is 4.71. The van der Waals surface area contributed by atoms with Crippen LogP contribution in [0.5, 0.6) is 5.75 Å². The highest BCUT2D eigenvalue weighted by molar-refractivity contribution is 6.31. The molecular formula is C22H17ClFN3O2. The lowest BCUT2D eigenvalue weighted by Crippen LogP contribution is -2.13. The summed E-state index contributed by atoms with van der Waals surface area (Å²) < 4.78 is 24.7. The van der Waals surface area contributed by atoms with E-state index in [9.17, 15) is 4.39 Å². The molecule has 0 aliphatic heterocycles. The first-order chi connectivity index (χ1) is 14.1. The van der Waals surface area contributed by atoms with E-state index < -0.39 is 11.9 Å². The van der Waals surface area contributed by atoms with E-state index in [1.807, 2.05) is 54.6 Å². The highest BCUT2D eigenvalue weighted by Gasteiger charge is 2.24. The van der Waals surface area contributed by atoms with Gasteiger partial charge < -0.3 is 14.5 Å². The molecule has 4 rings (SSSR count). The van der Waals surface area contributed by atoms with Gasteiger partial charge in [-0.1, -0.05) is 35.9 Å². The molecule has 3 aromatic carbocycles. The topological polar surface area (TPSA) is 60.2 Å². The Morgan fingerprint density at radius 2 is 1.76 bits per heavy atom. The Morgan fingerprint density at radius 1 is 1.00 bits per heavy atom. The molecule has 7 heteroatoms. The second-order valence-electron chi connectivity index (χ2n) is 6.28. The van der Waals surface area contributed by atoms with E-state index in [2.05, 4.69) is 15.5 Å². The van der Waals surface area contributed by atoms with Crippen LogP contribution in [0.25, 0.3) is 11.5 Å². The number of hydrogen-bond acceptors (Lipinski definition) is 5. The number of nitrogens with one attached hydrogen (secondary N) is 1. The quantitative estimate of drug-likeness (QED) is 0.440. The number of benzene rings is 3. The van der Waals surface area contributed by atoms with Gasteiger partial charge in [-0.15, -0.1) is 10.2 Å². The zero-order valence-corrected chi connectivity index (χ0v) is 16.2. The summed E-state index contributed by atoms with van der Waals surface area (Å²) in [5.41, 5.74) is 2.21. The van der Waals surface area contributed by atoms with Crippen LogP contribution in [0, 0.1) is 5.82 Å². The Morgan fingerprint density at radius 3 is 2.45 bits per heavy atom. The van der Waals surface area contributed by atoms with Gasteiger partial charge in [0.1, 0.15) is 17.6 Å². The summed E-state index contributed by atoms with van der Waals surface area (Å²) in [6, 6.07) is 20.5. The van der Waals surface area contributed by atoms with Gasteiger partial charge >= 0.3 is 0 Å². The Hall–Kier alpha value is -3.38. The average Bonchev–Trinajstić information content (AvgIpc) is 3.24. The molecule has 0 saturated heterocycles. The normalized spacial score (nSPS) is 11.8. The highest BCUT2D eigenvalue weighted by atomic mass is 35.5. The molecule has 29 heavy (non-hydrogen) atoms. The van der Waals surface area contributed by atoms with Gasteiger partial charge in [0.2, 0.25) is 11.8 Å². The Bertz CT molecular complexity index is 1100. The number of ether oxygens (including phenoxy) is 1. The molecule has 1 atom stereocenters. The van der Waals surface area contributed by atoms with Crippen molar-refractivity contribution in [3.05, 3.63) is 95.1 Å². The lowest BCUT2D eigenvalue weighted by molar-refractivity contribution is 0.415. The summed E-state index contributed by atoms with van der Waals surface area (Å²) in [4.78, 5) is 0. The minimum atomic E-state index is -0.568. The van der Waals surface area contributed by atoms with Gasteiger partial charge in [-0.05, 0) is 48.5 Å². The number of halogens is 2. The van der Waals surface area contributed by atoms with Crippen molar-refractivity contribution in [3.8, 4) is 17.2 Å². The summed E-state index contributed by atoms with van der Waals surface area (Å²) in [5.74, 6) is 1.02. The van der Waals surface area contributed by atoms with E-state index in [0.29, 0.717) is 17.3 Å². The molecule has 0 bridgehead atoms. The molecule has 1 N–H and O–H groups in total. The van der Waals surface area contributed by atoms with Gasteiger partial charge in [0.05, 0.1) is 7.11 Å². The maximum Gasteiger partial charge on any atom is 0.247 e. The molecule has 0 radical (unpaired) electrons. The number of hydrogen-bond donors (Lipinski definition) is 1. The second kappa shape index (κ2) is 8.32. The van der Waals surface area contributed by atoms with E-state index in [4.69, 9.17) is 20.8 Å². The van der Waals surface area contributed by atoms with Crippen LogP contribution in [0.15, 0.2) is 77.2 Å². The molecule has 146 valence electrons. The fourth-order valence-corrected chi connectivity index (χ4v) is 3.19. The third-order valence-electron chi connectivity index (χ3n) is 4.38. The molecular weight excluding hydrogens is 393 g/mol. The maximum atomic E-state index is 13.6. The molecule has 0 unspecified atom stereocenters. The first kappa shape index (κ1) is 19.0. The summed E-state index contributed by atoms with van der Waals surface area (Å²) in [6.07, 6.45) is 0. The fraction of sp³-hybridized carbons (Fsp3) is 0.0909. The molecule has 1 heterocycles. The van der Waals surface area contributed by atoms with Crippen molar-refractivity contribution in [2.45, 2.75) is 6.04 Å². The van der Waals surface area contributed by atoms with Crippen molar-refractivity contribution in [3.63, 3.8) is 0 Å². The van der Waals surface area contributed by atoms with Crippen LogP contribution >= 0.6 is 11.6 Å². The standard InChI is InChI=1S/C22H17ClFN3O2/c1-28-17-10-8-16(9-11-17)25-20(18-12-7-15(24)13-19(18)23)22-27-26-21(29-22)14-5-3-2-4-6-14/h2-13,20,25H,1H3/t20-/m0/s1. The van der Waals surface area contributed by atoms with Crippen LogP contribution in [-0.4, -0.2) is 17.3 Å². The molecule has 5 nitrogen and oxygen atoms in total. The van der Waals surface area contributed by atoms with Gasteiger partial charge in [-0.3, -0.25) is 0 Å². The summed E-state index contributed by atoms with van der Waals surface area (Å²) >= 11 is 6.32. The predicted octanol–water partition coefficient (Wildman–Crippen LogP) is 5.74. The van der Waals surface area contributed by atoms with Crippen molar-refractivity contribution in [1.82, 2.24) is 10.2 Å². The molecule has 1 aromatic heterocycles. The van der Waals surface area contributed by atoms with Gasteiger partial charge in [0.25, 0.3) is 0 Å². The first-order valence-electron chi connectivity index (χ1n) is 8.88.